The van der Waals surface area contributed by atoms with Crippen LogP contribution in [0.5, 0.6) is 5.75 Å². The molecule has 0 radical (unpaired) electrons. The van der Waals surface area contributed by atoms with E-state index < -0.39 is 0 Å². The van der Waals surface area contributed by atoms with Crippen LogP contribution in [0.4, 0.5) is 0 Å². The molecular weight excluding hydrogens is 196 g/mol. The molecule has 1 aromatic carbocycles. The molecule has 2 heteroatoms. The first-order chi connectivity index (χ1) is 6.74. The third kappa shape index (κ3) is 3.32. The van der Waals surface area contributed by atoms with Crippen molar-refractivity contribution in [3.05, 3.63) is 28.8 Å². The number of benzene rings is 1. The van der Waals surface area contributed by atoms with Crippen molar-refractivity contribution in [3.63, 3.8) is 0 Å². The molecule has 1 nitrogen and oxygen atoms in total. The molecule has 0 aromatic heterocycles. The largest absolute Gasteiger partial charge is 0.493 e. The Morgan fingerprint density at radius 1 is 1.50 bits per heavy atom. The normalized spacial score (nSPS) is 9.50. The van der Waals surface area contributed by atoms with Gasteiger partial charge in [-0.2, -0.15) is 0 Å². The van der Waals surface area contributed by atoms with Gasteiger partial charge in [-0.1, -0.05) is 17.7 Å². The van der Waals surface area contributed by atoms with Gasteiger partial charge in [0.1, 0.15) is 5.75 Å². The highest BCUT2D eigenvalue weighted by atomic mass is 35.5. The smallest absolute Gasteiger partial charge is 0.123 e. The average Bonchev–Trinajstić information content (AvgIpc) is 2.18. The average molecular weight is 209 g/mol. The van der Waals surface area contributed by atoms with Crippen LogP contribution in [0.2, 0.25) is 5.02 Å². The number of hydrogen-bond acceptors (Lipinski definition) is 1. The van der Waals surface area contributed by atoms with Gasteiger partial charge in [-0.25, -0.2) is 0 Å². The van der Waals surface area contributed by atoms with Crippen LogP contribution >= 0.6 is 11.6 Å². The monoisotopic (exact) mass is 208 g/mol. The van der Waals surface area contributed by atoms with E-state index in [2.05, 4.69) is 5.92 Å². The molecule has 0 saturated carbocycles. The van der Waals surface area contributed by atoms with Gasteiger partial charge in [0.2, 0.25) is 0 Å². The van der Waals surface area contributed by atoms with Gasteiger partial charge < -0.3 is 4.74 Å². The molecule has 0 unspecified atom stereocenters. The van der Waals surface area contributed by atoms with Crippen molar-refractivity contribution in [2.24, 2.45) is 0 Å². The van der Waals surface area contributed by atoms with Crippen LogP contribution in [0.25, 0.3) is 0 Å². The Hall–Kier alpha value is -1.13. The predicted octanol–water partition coefficient (Wildman–Crippen LogP) is 3.44. The highest BCUT2D eigenvalue weighted by Gasteiger charge is 1.99. The fourth-order valence-corrected chi connectivity index (χ4v) is 1.25. The Balaban J connectivity index is 2.50. The van der Waals surface area contributed by atoms with Crippen LogP contribution < -0.4 is 4.74 Å². The maximum atomic E-state index is 5.84. The molecule has 74 valence electrons. The zero-order valence-corrected chi connectivity index (χ0v) is 8.97. The summed E-state index contributed by atoms with van der Waals surface area (Å²) in [5.41, 5.74) is 1.09. The standard InChI is InChI=1S/C12H13ClO/c1-3-4-5-8-14-12-9-11(13)7-6-10(12)2/h1,6-7,9H,4-5,8H2,2H3. The first-order valence-corrected chi connectivity index (χ1v) is 4.94. The van der Waals surface area contributed by atoms with Crippen molar-refractivity contribution >= 4 is 11.6 Å². The van der Waals surface area contributed by atoms with Crippen LogP contribution in [0, 0.1) is 19.3 Å². The van der Waals surface area contributed by atoms with Crippen LogP contribution in [-0.2, 0) is 0 Å². The van der Waals surface area contributed by atoms with E-state index in [1.54, 1.807) is 0 Å². The summed E-state index contributed by atoms with van der Waals surface area (Å²) in [6.07, 6.45) is 6.76. The Labute approximate surface area is 90.0 Å². The highest BCUT2D eigenvalue weighted by Crippen LogP contribution is 2.22. The van der Waals surface area contributed by atoms with E-state index in [1.165, 1.54) is 0 Å². The van der Waals surface area contributed by atoms with Crippen molar-refractivity contribution < 1.29 is 4.74 Å². The van der Waals surface area contributed by atoms with Crippen molar-refractivity contribution in [2.75, 3.05) is 6.61 Å². The van der Waals surface area contributed by atoms with Crippen molar-refractivity contribution in [2.45, 2.75) is 19.8 Å². The summed E-state index contributed by atoms with van der Waals surface area (Å²) in [5, 5.41) is 0.697. The Morgan fingerprint density at radius 3 is 3.00 bits per heavy atom. The molecule has 0 N–H and O–H groups in total. The summed E-state index contributed by atoms with van der Waals surface area (Å²) in [7, 11) is 0. The van der Waals surface area contributed by atoms with Gasteiger partial charge in [0.15, 0.2) is 0 Å². The molecule has 0 spiro atoms. The van der Waals surface area contributed by atoms with Crippen molar-refractivity contribution in [1.82, 2.24) is 0 Å². The number of terminal acetylenes is 1. The molecule has 1 rings (SSSR count). The minimum atomic E-state index is 0.644. The molecule has 0 aliphatic heterocycles. The fraction of sp³-hybridized carbons (Fsp3) is 0.333. The number of rotatable bonds is 4. The quantitative estimate of drug-likeness (QED) is 0.544. The molecule has 0 bridgehead atoms. The van der Waals surface area contributed by atoms with E-state index in [1.807, 2.05) is 25.1 Å². The van der Waals surface area contributed by atoms with Gasteiger partial charge in [-0.3, -0.25) is 0 Å². The second-order valence-corrected chi connectivity index (χ2v) is 3.50. The van der Waals surface area contributed by atoms with Crippen LogP contribution in [0.3, 0.4) is 0 Å². The zero-order chi connectivity index (χ0) is 10.4. The topological polar surface area (TPSA) is 9.23 Å². The van der Waals surface area contributed by atoms with Crippen LogP contribution in [0.1, 0.15) is 18.4 Å². The molecule has 0 aliphatic rings. The third-order valence-electron chi connectivity index (χ3n) is 1.87. The lowest BCUT2D eigenvalue weighted by Gasteiger charge is -2.08. The van der Waals surface area contributed by atoms with E-state index in [-0.39, 0.29) is 0 Å². The second-order valence-electron chi connectivity index (χ2n) is 3.07. The van der Waals surface area contributed by atoms with E-state index in [0.717, 1.165) is 24.2 Å². The number of unbranched alkanes of at least 4 members (excludes halogenated alkanes) is 1. The summed E-state index contributed by atoms with van der Waals surface area (Å²) in [6.45, 7) is 2.64. The fourth-order valence-electron chi connectivity index (χ4n) is 1.09. The minimum Gasteiger partial charge on any atom is -0.493 e. The van der Waals surface area contributed by atoms with E-state index >= 15 is 0 Å². The van der Waals surface area contributed by atoms with E-state index in [0.29, 0.717) is 11.6 Å². The predicted molar refractivity (Wildman–Crippen MR) is 59.8 cm³/mol. The second kappa shape index (κ2) is 5.57. The molecule has 0 saturated heterocycles. The van der Waals surface area contributed by atoms with E-state index in [4.69, 9.17) is 22.8 Å². The van der Waals surface area contributed by atoms with Gasteiger partial charge >= 0.3 is 0 Å². The van der Waals surface area contributed by atoms with Gasteiger partial charge in [0.05, 0.1) is 6.61 Å². The zero-order valence-electron chi connectivity index (χ0n) is 8.22. The van der Waals surface area contributed by atoms with Crippen LogP contribution in [-0.4, -0.2) is 6.61 Å². The maximum Gasteiger partial charge on any atom is 0.123 e. The first-order valence-electron chi connectivity index (χ1n) is 4.56. The molecule has 0 amide bonds. The van der Waals surface area contributed by atoms with Crippen molar-refractivity contribution in [3.8, 4) is 18.1 Å². The van der Waals surface area contributed by atoms with Crippen molar-refractivity contribution in [1.29, 1.82) is 0 Å². The highest BCUT2D eigenvalue weighted by molar-refractivity contribution is 6.30. The summed E-state index contributed by atoms with van der Waals surface area (Å²) in [4.78, 5) is 0. The molecular formula is C12H13ClO. The lowest BCUT2D eigenvalue weighted by molar-refractivity contribution is 0.311. The molecule has 0 heterocycles. The van der Waals surface area contributed by atoms with Gasteiger partial charge in [0.25, 0.3) is 0 Å². The number of halogens is 1. The summed E-state index contributed by atoms with van der Waals surface area (Å²) >= 11 is 5.84. The molecule has 14 heavy (non-hydrogen) atoms. The van der Waals surface area contributed by atoms with Crippen LogP contribution in [0.15, 0.2) is 18.2 Å². The molecule has 0 aliphatic carbocycles. The lowest BCUT2D eigenvalue weighted by atomic mass is 10.2. The van der Waals surface area contributed by atoms with Gasteiger partial charge in [-0.05, 0) is 31.0 Å². The van der Waals surface area contributed by atoms with Gasteiger partial charge in [-0.15, -0.1) is 12.3 Å². The third-order valence-corrected chi connectivity index (χ3v) is 2.11. The SMILES string of the molecule is C#CCCCOc1cc(Cl)ccc1C. The number of aryl methyl sites for hydroxylation is 1. The summed E-state index contributed by atoms with van der Waals surface area (Å²) < 4.78 is 5.54. The molecule has 1 aromatic rings. The number of ether oxygens (including phenoxy) is 1. The Bertz CT molecular complexity index is 339. The minimum absolute atomic E-state index is 0.644. The summed E-state index contributed by atoms with van der Waals surface area (Å²) in [5.74, 6) is 3.42. The van der Waals surface area contributed by atoms with Gasteiger partial charge in [0, 0.05) is 11.4 Å². The number of hydrogen-bond donors (Lipinski definition) is 0. The summed E-state index contributed by atoms with van der Waals surface area (Å²) in [6, 6.07) is 5.62. The van der Waals surface area contributed by atoms with E-state index in [9.17, 15) is 0 Å². The first kappa shape index (κ1) is 10.9. The lowest BCUT2D eigenvalue weighted by Crippen LogP contribution is -1.98. The Kier molecular flexibility index (Phi) is 4.35. The Morgan fingerprint density at radius 2 is 2.29 bits per heavy atom. The molecule has 0 atom stereocenters. The maximum absolute atomic E-state index is 5.84. The molecule has 0 fully saturated rings.